The molecule has 0 aliphatic rings. The quantitative estimate of drug-likeness (QED) is 0.117. The molecule has 96 heavy (non-hydrogen) atoms. The van der Waals surface area contributed by atoms with E-state index in [4.69, 9.17) is 54.8 Å². The van der Waals surface area contributed by atoms with Gasteiger partial charge < -0.3 is 9.13 Å². The van der Waals surface area contributed by atoms with Gasteiger partial charge in [-0.2, -0.15) is 5.26 Å². The molecule has 7 aromatic heterocycles. The largest absolute Gasteiger partial charge is 0.309 e. The molecule has 0 saturated carbocycles. The molecule has 0 fully saturated rings. The minimum atomic E-state index is 0.449. The molecule has 0 saturated heterocycles. The maximum Gasteiger partial charge on any atom is 0.166 e. The lowest BCUT2D eigenvalue weighted by atomic mass is 9.94. The van der Waals surface area contributed by atoms with Gasteiger partial charge in [0.25, 0.3) is 0 Å². The number of rotatable bonds is 11. The van der Waals surface area contributed by atoms with Gasteiger partial charge in [0.15, 0.2) is 40.8 Å². The van der Waals surface area contributed by atoms with Crippen LogP contribution >= 0.6 is 0 Å². The molecule has 0 spiro atoms. The first-order valence-electron chi connectivity index (χ1n) is 31.3. The Labute approximate surface area is 551 Å². The molecule has 0 atom stereocenters. The van der Waals surface area contributed by atoms with Crippen molar-refractivity contribution in [3.05, 3.63) is 246 Å². The van der Waals surface area contributed by atoms with E-state index in [1.807, 2.05) is 140 Å². The molecule has 458 valence electrons. The van der Waals surface area contributed by atoms with Crippen molar-refractivity contribution in [3.63, 3.8) is 0 Å². The number of fused-ring (bicyclic) bond motifs is 6. The van der Waals surface area contributed by atoms with Crippen molar-refractivity contribution in [2.45, 2.75) is 55.4 Å². The lowest BCUT2D eigenvalue weighted by molar-refractivity contribution is 0.928. The van der Waals surface area contributed by atoms with Crippen LogP contribution in [0.5, 0.6) is 0 Å². The SMILES string of the molecule is Cc1nc(C)nc(-c2ccc3c(c2)c2cc(-c4nc(C)nc(C)n4)ccc2n3-c2ccc(-c3ccc(C#N)cc3)cc2-c2ccc(-n3c4ccc(-c5nc(C)nc(C)n5)cc4c4cc(-c5nc(C)nc(C)n5)ccc43)c(-c3nc(-c4ccccc4)nc(-c4ccccc4)n3)c2)n1. The van der Waals surface area contributed by atoms with Gasteiger partial charge >= 0.3 is 0 Å². The Morgan fingerprint density at radius 2 is 0.531 bits per heavy atom. The second-order valence-electron chi connectivity index (χ2n) is 23.8. The topological polar surface area (TPSA) is 227 Å². The molecule has 0 N–H and O–H groups in total. The van der Waals surface area contributed by atoms with Crippen LogP contribution in [0.3, 0.4) is 0 Å². The van der Waals surface area contributed by atoms with E-state index in [2.05, 4.69) is 144 Å². The predicted molar refractivity (Wildman–Crippen MR) is 374 cm³/mol. The molecule has 0 amide bonds. The fourth-order valence-corrected chi connectivity index (χ4v) is 13.0. The monoisotopic (exact) mass is 1240 g/mol. The first-order valence-corrected chi connectivity index (χ1v) is 31.3. The van der Waals surface area contributed by atoms with Gasteiger partial charge in [0.1, 0.15) is 46.6 Å². The summed E-state index contributed by atoms with van der Waals surface area (Å²) in [5, 5.41) is 13.8. The van der Waals surface area contributed by atoms with E-state index >= 15 is 0 Å². The summed E-state index contributed by atoms with van der Waals surface area (Å²) in [5.74, 6) is 8.82. The summed E-state index contributed by atoms with van der Waals surface area (Å²) in [5.41, 5.74) is 15.3. The minimum Gasteiger partial charge on any atom is -0.309 e. The highest BCUT2D eigenvalue weighted by Gasteiger charge is 2.25. The Balaban J connectivity index is 0.999. The van der Waals surface area contributed by atoms with Gasteiger partial charge in [-0.05, 0) is 181 Å². The third-order valence-corrected chi connectivity index (χ3v) is 17.1. The maximum absolute atomic E-state index is 9.96. The molecule has 7 heterocycles. The summed E-state index contributed by atoms with van der Waals surface area (Å²) >= 11 is 0. The smallest absolute Gasteiger partial charge is 0.166 e. The first-order chi connectivity index (χ1) is 46.7. The Hall–Kier alpha value is -12.9. The normalized spacial score (nSPS) is 11.5. The second kappa shape index (κ2) is 23.4. The van der Waals surface area contributed by atoms with Gasteiger partial charge in [0.2, 0.25) is 0 Å². The van der Waals surface area contributed by atoms with Gasteiger partial charge in [0.05, 0.1) is 45.1 Å². The fourth-order valence-electron chi connectivity index (χ4n) is 13.0. The van der Waals surface area contributed by atoms with Crippen LogP contribution in [0.15, 0.2) is 194 Å². The molecule has 16 aromatic rings. The number of hydrogen-bond donors (Lipinski definition) is 0. The average Bonchev–Trinajstić information content (AvgIpc) is 1.55. The average molecular weight is 1250 g/mol. The van der Waals surface area contributed by atoms with Crippen LogP contribution in [-0.2, 0) is 0 Å². The van der Waals surface area contributed by atoms with Gasteiger partial charge in [-0.1, -0.05) is 84.9 Å². The summed E-state index contributed by atoms with van der Waals surface area (Å²) in [7, 11) is 0. The summed E-state index contributed by atoms with van der Waals surface area (Å²) in [6, 6.07) is 68.7. The van der Waals surface area contributed by atoms with E-state index in [1.54, 1.807) is 0 Å². The summed E-state index contributed by atoms with van der Waals surface area (Å²) < 4.78 is 4.62. The van der Waals surface area contributed by atoms with Crippen LogP contribution in [0.1, 0.15) is 52.2 Å². The molecule has 0 aliphatic carbocycles. The van der Waals surface area contributed by atoms with Gasteiger partial charge in [-0.3, -0.25) is 0 Å². The van der Waals surface area contributed by atoms with E-state index in [-0.39, 0.29) is 0 Å². The maximum atomic E-state index is 9.96. The number of aromatic nitrogens is 17. The molecule has 0 unspecified atom stereocenters. The lowest BCUT2D eigenvalue weighted by Crippen LogP contribution is -2.05. The van der Waals surface area contributed by atoms with Crippen molar-refractivity contribution < 1.29 is 0 Å². The number of aryl methyl sites for hydroxylation is 8. The van der Waals surface area contributed by atoms with Crippen LogP contribution in [0.2, 0.25) is 0 Å². The van der Waals surface area contributed by atoms with Crippen molar-refractivity contribution in [2.24, 2.45) is 0 Å². The molecule has 18 heteroatoms. The van der Waals surface area contributed by atoms with Crippen LogP contribution in [0.4, 0.5) is 0 Å². The van der Waals surface area contributed by atoms with E-state index in [9.17, 15) is 5.26 Å². The van der Waals surface area contributed by atoms with Gasteiger partial charge in [0, 0.05) is 66.1 Å². The van der Waals surface area contributed by atoms with E-state index < -0.39 is 0 Å². The predicted octanol–water partition coefficient (Wildman–Crippen LogP) is 16.1. The highest BCUT2D eigenvalue weighted by Crippen LogP contribution is 2.45. The zero-order valence-electron chi connectivity index (χ0n) is 53.5. The van der Waals surface area contributed by atoms with Crippen molar-refractivity contribution in [1.29, 1.82) is 5.26 Å². The fraction of sp³-hybridized carbons (Fsp3) is 0.103. The number of nitrogens with zero attached hydrogens (tertiary/aromatic N) is 18. The number of nitriles is 1. The molecule has 16 rings (SSSR count). The highest BCUT2D eigenvalue weighted by molar-refractivity contribution is 6.13. The van der Waals surface area contributed by atoms with E-state index in [0.29, 0.717) is 92.9 Å². The molecular weight excluding hydrogens is 1190 g/mol. The van der Waals surface area contributed by atoms with E-state index in [1.165, 1.54) is 0 Å². The zero-order valence-corrected chi connectivity index (χ0v) is 53.5. The Morgan fingerprint density at radius 1 is 0.240 bits per heavy atom. The van der Waals surface area contributed by atoms with Crippen LogP contribution in [-0.4, -0.2) is 83.9 Å². The van der Waals surface area contributed by atoms with Gasteiger partial charge in [-0.15, -0.1) is 0 Å². The minimum absolute atomic E-state index is 0.449. The summed E-state index contributed by atoms with van der Waals surface area (Å²) in [4.78, 5) is 72.8. The number of hydrogen-bond acceptors (Lipinski definition) is 16. The van der Waals surface area contributed by atoms with Crippen LogP contribution < -0.4 is 0 Å². The van der Waals surface area contributed by atoms with Crippen molar-refractivity contribution in [3.8, 4) is 119 Å². The third kappa shape index (κ3) is 10.7. The Kier molecular flexibility index (Phi) is 14.2. The van der Waals surface area contributed by atoms with Crippen molar-refractivity contribution in [2.75, 3.05) is 0 Å². The first kappa shape index (κ1) is 58.2. The van der Waals surface area contributed by atoms with E-state index in [0.717, 1.165) is 116 Å². The van der Waals surface area contributed by atoms with Crippen molar-refractivity contribution in [1.82, 2.24) is 83.9 Å². The van der Waals surface area contributed by atoms with Crippen LogP contribution in [0.25, 0.3) is 157 Å². The summed E-state index contributed by atoms with van der Waals surface area (Å²) in [6.07, 6.45) is 0. The summed E-state index contributed by atoms with van der Waals surface area (Å²) in [6.45, 7) is 15.1. The molecule has 18 nitrogen and oxygen atoms in total. The molecule has 0 aliphatic heterocycles. The highest BCUT2D eigenvalue weighted by atomic mass is 15.1. The molecule has 0 radical (unpaired) electrons. The molecule has 0 bridgehead atoms. The zero-order chi connectivity index (χ0) is 65.5. The molecular formula is C78H56N18. The Morgan fingerprint density at radius 3 is 0.885 bits per heavy atom. The second-order valence-corrected chi connectivity index (χ2v) is 23.8. The number of benzene rings is 9. The molecule has 9 aromatic carbocycles. The lowest BCUT2D eigenvalue weighted by Gasteiger charge is -2.19. The third-order valence-electron chi connectivity index (χ3n) is 17.1. The standard InChI is InChI=1S/C78H56N18/c1-42-80-43(2)85-74(84-42)56-25-31-67-61(37-56)62-38-57(75-86-44(3)81-45(4)87-75)26-32-68(62)95(67)66-29-23-54(51-21-19-50(41-79)20-22-51)35-60(66)55-24-30-71(65(36-55)78-93-72(52-15-11-9-12-16-52)92-73(94-78)53-17-13-10-14-18-53)96-69-33-27-58(76-88-46(5)82-47(6)89-76)39-63(69)64-40-59(28-34-70(64)96)77-90-48(7)83-49(8)91-77/h9-40H,1-8H3. The van der Waals surface area contributed by atoms with Gasteiger partial charge in [-0.25, -0.2) is 74.8 Å². The van der Waals surface area contributed by atoms with Crippen molar-refractivity contribution >= 4 is 43.6 Å². The van der Waals surface area contributed by atoms with Crippen LogP contribution in [0, 0.1) is 66.7 Å². The Bertz CT molecular complexity index is 5540.